The summed E-state index contributed by atoms with van der Waals surface area (Å²) in [7, 11) is 1.86. The highest BCUT2D eigenvalue weighted by atomic mass is 35.5. The van der Waals surface area contributed by atoms with Crippen molar-refractivity contribution in [1.82, 2.24) is 24.7 Å². The lowest BCUT2D eigenvalue weighted by Crippen LogP contribution is -2.09. The molecule has 0 aromatic carbocycles. The summed E-state index contributed by atoms with van der Waals surface area (Å²) >= 11 is 6.15. The summed E-state index contributed by atoms with van der Waals surface area (Å²) in [6.07, 6.45) is 2.44. The maximum absolute atomic E-state index is 6.15. The van der Waals surface area contributed by atoms with Crippen LogP contribution in [0.1, 0.15) is 30.1 Å². The van der Waals surface area contributed by atoms with Crippen LogP contribution in [0.15, 0.2) is 0 Å². The lowest BCUT2D eigenvalue weighted by Gasteiger charge is -2.10. The summed E-state index contributed by atoms with van der Waals surface area (Å²) in [5, 5.41) is 7.90. The fraction of sp³-hybridized carbons (Fsp3) is 0.571. The highest BCUT2D eigenvalue weighted by molar-refractivity contribution is 6.30. The van der Waals surface area contributed by atoms with Crippen molar-refractivity contribution < 1.29 is 4.74 Å². The third-order valence-corrected chi connectivity index (χ3v) is 4.02. The lowest BCUT2D eigenvalue weighted by molar-refractivity contribution is 0.276. The normalized spacial score (nSPS) is 14.2. The van der Waals surface area contributed by atoms with Gasteiger partial charge in [-0.2, -0.15) is 15.1 Å². The monoisotopic (exact) mass is 322 g/mol. The molecule has 1 fully saturated rings. The van der Waals surface area contributed by atoms with Gasteiger partial charge < -0.3 is 10.1 Å². The number of nitrogens with one attached hydrogen (secondary N) is 1. The molecule has 0 radical (unpaired) electrons. The summed E-state index contributed by atoms with van der Waals surface area (Å²) in [5.74, 6) is 2.86. The summed E-state index contributed by atoms with van der Waals surface area (Å²) in [6, 6.07) is 0.315. The van der Waals surface area contributed by atoms with Crippen molar-refractivity contribution in [2.75, 3.05) is 11.9 Å². The van der Waals surface area contributed by atoms with E-state index in [-0.39, 0.29) is 0 Å². The summed E-state index contributed by atoms with van der Waals surface area (Å²) < 4.78 is 7.34. The quantitative estimate of drug-likeness (QED) is 0.822. The second kappa shape index (κ2) is 6.08. The van der Waals surface area contributed by atoms with Gasteiger partial charge in [-0.3, -0.25) is 4.68 Å². The van der Waals surface area contributed by atoms with Gasteiger partial charge in [-0.15, -0.1) is 0 Å². The van der Waals surface area contributed by atoms with E-state index in [0.717, 1.165) is 11.4 Å². The standard InChI is InChI=1S/C14H19ClN6O/c1-8-12(15)18-14(22-7-10-4-5-10)19-13(8)16-6-11-17-9(2)21(3)20-11/h10H,4-7H2,1-3H3,(H,16,18,19). The molecule has 2 aromatic heterocycles. The van der Waals surface area contributed by atoms with Crippen molar-refractivity contribution in [2.45, 2.75) is 33.2 Å². The summed E-state index contributed by atoms with van der Waals surface area (Å²) in [6.45, 7) is 4.90. The average Bonchev–Trinajstić information content (AvgIpc) is 3.25. The molecule has 0 bridgehead atoms. The first-order valence-electron chi connectivity index (χ1n) is 7.30. The Labute approximate surface area is 134 Å². The highest BCUT2D eigenvalue weighted by Crippen LogP contribution is 2.30. The number of aromatic nitrogens is 5. The van der Waals surface area contributed by atoms with Gasteiger partial charge in [0.25, 0.3) is 0 Å². The minimum Gasteiger partial charge on any atom is -0.463 e. The number of aryl methyl sites for hydroxylation is 2. The number of nitrogens with zero attached hydrogens (tertiary/aromatic N) is 5. The van der Waals surface area contributed by atoms with Crippen molar-refractivity contribution in [1.29, 1.82) is 0 Å². The van der Waals surface area contributed by atoms with Crippen molar-refractivity contribution >= 4 is 17.4 Å². The molecule has 0 unspecified atom stereocenters. The van der Waals surface area contributed by atoms with E-state index in [0.29, 0.717) is 41.9 Å². The number of hydrogen-bond donors (Lipinski definition) is 1. The molecule has 0 aliphatic heterocycles. The van der Waals surface area contributed by atoms with E-state index in [9.17, 15) is 0 Å². The molecule has 7 nitrogen and oxygen atoms in total. The topological polar surface area (TPSA) is 77.8 Å². The van der Waals surface area contributed by atoms with Crippen molar-refractivity contribution in [2.24, 2.45) is 13.0 Å². The van der Waals surface area contributed by atoms with Crippen LogP contribution in [0.4, 0.5) is 5.82 Å². The molecule has 0 amide bonds. The summed E-state index contributed by atoms with van der Waals surface area (Å²) in [4.78, 5) is 12.9. The fourth-order valence-electron chi connectivity index (χ4n) is 1.95. The minimum atomic E-state index is 0.315. The van der Waals surface area contributed by atoms with E-state index in [4.69, 9.17) is 16.3 Å². The zero-order valence-corrected chi connectivity index (χ0v) is 13.7. The second-order valence-corrected chi connectivity index (χ2v) is 5.94. The van der Waals surface area contributed by atoms with Crippen LogP contribution in [0.25, 0.3) is 0 Å². The average molecular weight is 323 g/mol. The SMILES string of the molecule is Cc1c(Cl)nc(OCC2CC2)nc1NCc1nc(C)n(C)n1. The Bertz CT molecular complexity index is 663. The van der Waals surface area contributed by atoms with E-state index in [2.05, 4.69) is 25.4 Å². The van der Waals surface area contributed by atoms with Crippen LogP contribution in [0.5, 0.6) is 6.01 Å². The molecule has 1 aliphatic carbocycles. The van der Waals surface area contributed by atoms with Crippen molar-refractivity contribution in [3.8, 4) is 6.01 Å². The van der Waals surface area contributed by atoms with Crippen LogP contribution in [0.2, 0.25) is 5.15 Å². The van der Waals surface area contributed by atoms with Gasteiger partial charge in [0.15, 0.2) is 5.82 Å². The van der Waals surface area contributed by atoms with Gasteiger partial charge >= 0.3 is 6.01 Å². The third-order valence-electron chi connectivity index (χ3n) is 3.65. The first-order valence-corrected chi connectivity index (χ1v) is 7.68. The van der Waals surface area contributed by atoms with Gasteiger partial charge in [0.2, 0.25) is 0 Å². The third kappa shape index (κ3) is 3.47. The van der Waals surface area contributed by atoms with Gasteiger partial charge in [-0.25, -0.2) is 4.98 Å². The number of hydrogen-bond acceptors (Lipinski definition) is 6. The molecular weight excluding hydrogens is 304 g/mol. The van der Waals surface area contributed by atoms with Gasteiger partial charge in [0.1, 0.15) is 16.8 Å². The maximum atomic E-state index is 6.15. The molecule has 0 saturated heterocycles. The molecule has 8 heteroatoms. The number of anilines is 1. The Kier molecular flexibility index (Phi) is 4.15. The van der Waals surface area contributed by atoms with E-state index < -0.39 is 0 Å². The predicted molar refractivity (Wildman–Crippen MR) is 83.1 cm³/mol. The largest absolute Gasteiger partial charge is 0.463 e. The van der Waals surface area contributed by atoms with Gasteiger partial charge in [-0.1, -0.05) is 11.6 Å². The van der Waals surface area contributed by atoms with Gasteiger partial charge in [0, 0.05) is 12.6 Å². The van der Waals surface area contributed by atoms with E-state index >= 15 is 0 Å². The van der Waals surface area contributed by atoms with Crippen LogP contribution in [-0.2, 0) is 13.6 Å². The molecule has 2 heterocycles. The predicted octanol–water partition coefficient (Wildman–Crippen LogP) is 2.28. The van der Waals surface area contributed by atoms with Gasteiger partial charge in [0.05, 0.1) is 13.2 Å². The van der Waals surface area contributed by atoms with Crippen LogP contribution in [0.3, 0.4) is 0 Å². The molecule has 0 spiro atoms. The number of ether oxygens (including phenoxy) is 1. The first kappa shape index (κ1) is 15.0. The molecule has 3 rings (SSSR count). The zero-order chi connectivity index (χ0) is 15.7. The zero-order valence-electron chi connectivity index (χ0n) is 12.9. The van der Waals surface area contributed by atoms with Crippen LogP contribution in [0, 0.1) is 19.8 Å². The minimum absolute atomic E-state index is 0.315. The molecule has 118 valence electrons. The van der Waals surface area contributed by atoms with Crippen LogP contribution < -0.4 is 10.1 Å². The van der Waals surface area contributed by atoms with E-state index in [1.54, 1.807) is 4.68 Å². The van der Waals surface area contributed by atoms with Crippen LogP contribution in [-0.4, -0.2) is 31.3 Å². The molecule has 22 heavy (non-hydrogen) atoms. The van der Waals surface area contributed by atoms with E-state index in [1.807, 2.05) is 20.9 Å². The maximum Gasteiger partial charge on any atom is 0.319 e. The van der Waals surface area contributed by atoms with Crippen LogP contribution >= 0.6 is 11.6 Å². The smallest absolute Gasteiger partial charge is 0.319 e. The fourth-order valence-corrected chi connectivity index (χ4v) is 2.11. The van der Waals surface area contributed by atoms with E-state index in [1.165, 1.54) is 12.8 Å². The van der Waals surface area contributed by atoms with Crippen molar-refractivity contribution in [3.05, 3.63) is 22.4 Å². The first-order chi connectivity index (χ1) is 10.5. The Morgan fingerprint density at radius 2 is 2.05 bits per heavy atom. The molecule has 1 aliphatic rings. The summed E-state index contributed by atoms with van der Waals surface area (Å²) in [5.41, 5.74) is 0.785. The van der Waals surface area contributed by atoms with Crippen molar-refractivity contribution in [3.63, 3.8) is 0 Å². The second-order valence-electron chi connectivity index (χ2n) is 5.58. The van der Waals surface area contributed by atoms with Gasteiger partial charge in [-0.05, 0) is 32.6 Å². The highest BCUT2D eigenvalue weighted by Gasteiger charge is 2.23. The molecule has 2 aromatic rings. The lowest BCUT2D eigenvalue weighted by atomic mass is 10.3. The Morgan fingerprint density at radius 1 is 1.27 bits per heavy atom. The Morgan fingerprint density at radius 3 is 2.68 bits per heavy atom. The molecule has 1 saturated carbocycles. The Hall–Kier alpha value is -1.89. The molecule has 0 atom stereocenters. The Balaban J connectivity index is 1.70. The molecule has 1 N–H and O–H groups in total. The molecular formula is C14H19ClN6O. The number of rotatable bonds is 6. The number of halogens is 1.